The molecule has 6 heterocycles. The number of alkyl halides is 12. The van der Waals surface area contributed by atoms with E-state index in [0.717, 1.165) is 182 Å². The van der Waals surface area contributed by atoms with Crippen molar-refractivity contribution >= 4 is 211 Å². The van der Waals surface area contributed by atoms with Crippen molar-refractivity contribution in [2.24, 2.45) is 0 Å². The second-order valence-electron chi connectivity index (χ2n) is 26.4. The maximum atomic E-state index is 13.3. The molecule has 0 radical (unpaired) electrons. The number of nitrogens with one attached hydrogen (secondary N) is 4. The van der Waals surface area contributed by atoms with E-state index in [2.05, 4.69) is 89.3 Å². The zero-order chi connectivity index (χ0) is 98.0. The molecule has 0 atom stereocenters. The lowest BCUT2D eigenvalue weighted by atomic mass is 10.0. The van der Waals surface area contributed by atoms with Gasteiger partial charge in [0.1, 0.15) is 62.1 Å². The summed E-state index contributed by atoms with van der Waals surface area (Å²) in [7, 11) is -8.38. The van der Waals surface area contributed by atoms with Gasteiger partial charge in [0.05, 0.1) is 90.6 Å². The molecule has 2 aliphatic heterocycles. The van der Waals surface area contributed by atoms with Crippen LogP contribution in [0, 0.1) is 41.5 Å². The summed E-state index contributed by atoms with van der Waals surface area (Å²) in [5.41, 5.74) is 22.3. The van der Waals surface area contributed by atoms with Gasteiger partial charge in [0.15, 0.2) is 0 Å². The van der Waals surface area contributed by atoms with Crippen LogP contribution in [-0.2, 0) is 62.8 Å². The van der Waals surface area contributed by atoms with Gasteiger partial charge < -0.3 is 69.2 Å². The number of amides is 1. The number of carbonyl (C=O) groups is 4. The number of rotatable bonds is 21. The molecule has 0 spiro atoms. The van der Waals surface area contributed by atoms with Gasteiger partial charge in [-0.1, -0.05) is 66.0 Å². The van der Waals surface area contributed by atoms with Crippen LogP contribution in [0.3, 0.4) is 0 Å². The maximum Gasteiger partial charge on any atom is 0.573 e. The molecular weight excluding hydrogens is 2050 g/mol. The van der Waals surface area contributed by atoms with Crippen molar-refractivity contribution in [3.63, 3.8) is 0 Å². The molecule has 2 saturated heterocycles. The first-order valence-electron chi connectivity index (χ1n) is 36.3. The molecule has 722 valence electrons. The zero-order valence-corrected chi connectivity index (χ0v) is 79.0. The summed E-state index contributed by atoms with van der Waals surface area (Å²) in [6, 6.07) is 19.5. The summed E-state index contributed by atoms with van der Waals surface area (Å²) in [4.78, 5) is 50.5. The number of sulfonamides is 3. The number of hydrogen-bond acceptors (Lipinski definition) is 29. The molecule has 0 unspecified atom stereocenters. The summed E-state index contributed by atoms with van der Waals surface area (Å²) in [5, 5.41) is 7.26. The van der Waals surface area contributed by atoms with Gasteiger partial charge in [-0.2, -0.15) is 0 Å². The minimum absolute atomic E-state index is 0. The van der Waals surface area contributed by atoms with Crippen LogP contribution in [-0.4, -0.2) is 157 Å². The van der Waals surface area contributed by atoms with Crippen LogP contribution in [0.2, 0.25) is 20.1 Å². The maximum absolute atomic E-state index is 13.3. The third-order valence-corrected chi connectivity index (χ3v) is 28.2. The standard InChI is InChI=1S/C25H25ClF3N3O5S2.2C13H9ClF3NO5S2.C13H20N2O.C7H3Cl2F3O3S.C6H7NO2S.CH4/c1-14-12-15(2)22(32-7-9-36-10-8-32)16(3)21(14)30-24(33)23-19(6-11-38-23)31-39(34,35)20-5-4-17(13-18(20)26)37-25(27,28)29;2*1-22-12(19)11-9(4-5-24-11)18-25(20,21)10-3-2-7(6-8(10)14)23-13(15,16)17;1-9-8-10(2)13(11(3)12(9)14)15-4-6-16-7-5-15;8-5-3-4(15-7(10,11)12)1-2-6(5)16(9,13)14;1-9-6(8)5-4(7)2-3-10-5;/h4-6,11-13,31H,7-10H2,1-3H3,(H,30,33);2*2-6,18H,1H3;8H,4-7,14H2,1-3H3;1-3H;2-3H,7H2,1H3;1H4. The van der Waals surface area contributed by atoms with Gasteiger partial charge in [-0.05, 0) is 169 Å². The van der Waals surface area contributed by atoms with E-state index in [0.29, 0.717) is 35.5 Å². The minimum Gasteiger partial charge on any atom is -0.465 e. The second-order valence-corrected chi connectivity index (χ2v) is 39.2. The summed E-state index contributed by atoms with van der Waals surface area (Å²) >= 11 is 27.1. The van der Waals surface area contributed by atoms with E-state index in [1.807, 2.05) is 26.8 Å². The molecule has 0 bridgehead atoms. The van der Waals surface area contributed by atoms with Crippen molar-refractivity contribution in [1.82, 2.24) is 0 Å². The van der Waals surface area contributed by atoms with E-state index >= 15 is 0 Å². The Balaban J connectivity index is 0.000000255. The Morgan fingerprint density at radius 1 is 0.402 bits per heavy atom. The van der Waals surface area contributed by atoms with Crippen LogP contribution in [0.4, 0.5) is 98.2 Å². The first-order chi connectivity index (χ1) is 60.8. The van der Waals surface area contributed by atoms with Crippen molar-refractivity contribution in [2.75, 3.05) is 115 Å². The number of aryl methyl sites for hydroxylation is 4. The molecule has 1 amide bonds. The summed E-state index contributed by atoms with van der Waals surface area (Å²) < 4.78 is 289. The van der Waals surface area contributed by atoms with Gasteiger partial charge in [0.25, 0.3) is 45.0 Å². The Morgan fingerprint density at radius 2 is 0.689 bits per heavy atom. The monoisotopic (exact) mass is 2120 g/mol. The molecule has 10 aromatic rings. The molecule has 2 fully saturated rings. The van der Waals surface area contributed by atoms with Gasteiger partial charge in [0.2, 0.25) is 0 Å². The van der Waals surface area contributed by atoms with Crippen molar-refractivity contribution in [3.8, 4) is 23.0 Å². The topological polar surface area (TPSA) is 395 Å². The van der Waals surface area contributed by atoms with Crippen LogP contribution >= 0.6 is 102 Å². The van der Waals surface area contributed by atoms with Crippen molar-refractivity contribution < 1.29 is 148 Å². The highest BCUT2D eigenvalue weighted by atomic mass is 35.7. The van der Waals surface area contributed by atoms with E-state index in [4.69, 9.17) is 78.0 Å². The fourth-order valence-electron chi connectivity index (χ4n) is 11.9. The number of carbonyl (C=O) groups excluding carboxylic acids is 4. The first kappa shape index (κ1) is 111. The van der Waals surface area contributed by atoms with E-state index in [1.54, 1.807) is 16.8 Å². The van der Waals surface area contributed by atoms with Gasteiger partial charge in [-0.3, -0.25) is 19.0 Å². The fraction of sp³-hybridized carbons (Fsp3) is 0.282. The third kappa shape index (κ3) is 31.9. The number of nitrogens with zero attached hydrogens (tertiary/aromatic N) is 2. The van der Waals surface area contributed by atoms with Gasteiger partial charge in [-0.15, -0.1) is 98.0 Å². The lowest BCUT2D eigenvalue weighted by molar-refractivity contribution is -0.275. The second kappa shape index (κ2) is 46.9. The number of thiophene rings is 4. The lowest BCUT2D eigenvalue weighted by Crippen LogP contribution is -2.37. The van der Waals surface area contributed by atoms with Crippen LogP contribution < -0.4 is 59.7 Å². The predicted octanol–water partition coefficient (Wildman–Crippen LogP) is 20.8. The largest absolute Gasteiger partial charge is 0.573 e. The molecule has 2 aliphatic rings. The number of halogens is 17. The fourth-order valence-corrected chi connectivity index (χ4v) is 21.4. The van der Waals surface area contributed by atoms with Gasteiger partial charge in [0, 0.05) is 83.9 Å². The van der Waals surface area contributed by atoms with Crippen LogP contribution in [0.1, 0.15) is 79.5 Å². The van der Waals surface area contributed by atoms with E-state index in [-0.39, 0.29) is 45.1 Å². The number of methoxy groups -OCH3 is 3. The van der Waals surface area contributed by atoms with E-state index in [1.165, 1.54) is 69.8 Å². The molecule has 29 nitrogen and oxygen atoms in total. The highest BCUT2D eigenvalue weighted by molar-refractivity contribution is 8.13. The Hall–Kier alpha value is -9.87. The Bertz CT molecular complexity index is 6110. The molecule has 8 N–H and O–H groups in total. The SMILES string of the molecule is C.COC(=O)c1sccc1N.COC(=O)c1sccc1NS(=O)(=O)c1ccc(OC(F)(F)F)cc1Cl.COC(=O)c1sccc1NS(=O)(=O)c1ccc(OC(F)(F)F)cc1Cl.Cc1cc(C)c(N2CCOCC2)c(C)c1N.Cc1cc(C)c(N2CCOCC2)c(C)c1NC(=O)c1sccc1NS(=O)(=O)c1ccc(OC(F)(F)F)cc1Cl.O=S(=O)(Cl)c1ccc(OC(F)(F)F)cc1Cl. The third-order valence-electron chi connectivity index (χ3n) is 17.2. The molecule has 0 saturated carbocycles. The molecule has 4 aromatic heterocycles. The van der Waals surface area contributed by atoms with E-state index in [9.17, 15) is 106 Å². The van der Waals surface area contributed by atoms with Crippen LogP contribution in [0.25, 0.3) is 0 Å². The number of nitrogens with two attached hydrogens (primary N) is 2. The molecule has 0 aliphatic carbocycles. The predicted molar refractivity (Wildman–Crippen MR) is 480 cm³/mol. The van der Waals surface area contributed by atoms with Crippen molar-refractivity contribution in [2.45, 2.75) is 94.0 Å². The first-order valence-corrected chi connectivity index (χ1v) is 48.1. The van der Waals surface area contributed by atoms with Gasteiger partial charge >= 0.3 is 43.4 Å². The summed E-state index contributed by atoms with van der Waals surface area (Å²) in [5.74, 6) is -4.99. The lowest BCUT2D eigenvalue weighted by Gasteiger charge is -2.32. The van der Waals surface area contributed by atoms with Crippen molar-refractivity contribution in [1.29, 1.82) is 0 Å². The van der Waals surface area contributed by atoms with Crippen LogP contribution in [0.5, 0.6) is 23.0 Å². The number of nitrogen functional groups attached to an aromatic ring is 2. The van der Waals surface area contributed by atoms with E-state index < -0.39 is 145 Å². The number of morpholine rings is 2. The highest BCUT2D eigenvalue weighted by Gasteiger charge is 2.37. The molecule has 54 heteroatoms. The summed E-state index contributed by atoms with van der Waals surface area (Å²) in [6.45, 7) is 18.4. The number of benzene rings is 6. The quantitative estimate of drug-likeness (QED) is 0.0128. The smallest absolute Gasteiger partial charge is 0.465 e. The number of anilines is 8. The summed E-state index contributed by atoms with van der Waals surface area (Å²) in [6.07, 6.45) is -19.7. The average molecular weight is 2120 g/mol. The Kier molecular flexibility index (Phi) is 39.4. The Labute approximate surface area is 788 Å². The van der Waals surface area contributed by atoms with Crippen LogP contribution in [0.15, 0.2) is 150 Å². The molecule has 12 rings (SSSR count). The normalized spacial score (nSPS) is 13.0. The number of hydrogen-bond donors (Lipinski definition) is 6. The van der Waals surface area contributed by atoms with Gasteiger partial charge in [-0.25, -0.2) is 48.1 Å². The molecular formula is C78H77Cl5F12N8O21S8. The van der Waals surface area contributed by atoms with Crippen molar-refractivity contribution in [3.05, 3.63) is 204 Å². The minimum atomic E-state index is -4.96. The number of esters is 3. The Morgan fingerprint density at radius 3 is 0.992 bits per heavy atom. The number of ether oxygens (including phenoxy) is 9. The molecule has 132 heavy (non-hydrogen) atoms. The molecule has 6 aromatic carbocycles. The average Bonchev–Trinajstić information content (AvgIpc) is 0.796. The zero-order valence-electron chi connectivity index (χ0n) is 68.7. The highest BCUT2D eigenvalue weighted by Crippen LogP contribution is 2.41.